The zero-order chi connectivity index (χ0) is 18.9. The van der Waals surface area contributed by atoms with Crippen molar-refractivity contribution in [1.29, 1.82) is 0 Å². The van der Waals surface area contributed by atoms with Crippen molar-refractivity contribution in [3.63, 3.8) is 0 Å². The zero-order valence-electron chi connectivity index (χ0n) is 17.0. The Bertz CT molecular complexity index is 700. The molecule has 2 N–H and O–H groups in total. The molecule has 3 rings (SSSR count). The zero-order valence-corrected chi connectivity index (χ0v) is 19.3. The van der Waals surface area contributed by atoms with Crippen LogP contribution in [0.5, 0.6) is 0 Å². The predicted molar refractivity (Wildman–Crippen MR) is 126 cm³/mol. The van der Waals surface area contributed by atoms with Crippen molar-refractivity contribution in [2.45, 2.75) is 39.3 Å². The Morgan fingerprint density at radius 2 is 1.96 bits per heavy atom. The van der Waals surface area contributed by atoms with Gasteiger partial charge in [0.05, 0.1) is 6.26 Å². The Morgan fingerprint density at radius 1 is 1.18 bits per heavy atom. The van der Waals surface area contributed by atoms with Crippen LogP contribution in [0.3, 0.4) is 0 Å². The highest BCUT2D eigenvalue weighted by Crippen LogP contribution is 2.18. The predicted octanol–water partition coefficient (Wildman–Crippen LogP) is 4.04. The molecule has 1 aromatic heterocycles. The van der Waals surface area contributed by atoms with Gasteiger partial charge >= 0.3 is 0 Å². The molecule has 1 aliphatic heterocycles. The number of nitrogens with zero attached hydrogens (tertiary/aromatic N) is 2. The van der Waals surface area contributed by atoms with Crippen molar-refractivity contribution in [2.24, 2.45) is 10.9 Å². The van der Waals surface area contributed by atoms with E-state index in [1.165, 1.54) is 37.1 Å². The van der Waals surface area contributed by atoms with Crippen molar-refractivity contribution >= 4 is 29.9 Å². The molecule has 28 heavy (non-hydrogen) atoms. The van der Waals surface area contributed by atoms with E-state index in [4.69, 9.17) is 4.42 Å². The molecular formula is C22H33IN4O. The molecule has 2 aromatic rings. The maximum atomic E-state index is 5.35. The van der Waals surface area contributed by atoms with Gasteiger partial charge in [0.15, 0.2) is 5.96 Å². The summed E-state index contributed by atoms with van der Waals surface area (Å²) in [5, 5.41) is 6.69. The minimum atomic E-state index is 0. The van der Waals surface area contributed by atoms with Gasteiger partial charge in [0, 0.05) is 39.6 Å². The minimum Gasteiger partial charge on any atom is -0.469 e. The molecule has 0 radical (unpaired) electrons. The van der Waals surface area contributed by atoms with Crippen molar-refractivity contribution in [2.75, 3.05) is 26.7 Å². The molecule has 5 nitrogen and oxygen atoms in total. The second-order valence-electron chi connectivity index (χ2n) is 7.48. The Hall–Kier alpha value is -1.54. The topological polar surface area (TPSA) is 52.8 Å². The monoisotopic (exact) mass is 496 g/mol. The van der Waals surface area contributed by atoms with Gasteiger partial charge < -0.3 is 15.1 Å². The van der Waals surface area contributed by atoms with E-state index < -0.39 is 0 Å². The number of hydrogen-bond donors (Lipinski definition) is 2. The van der Waals surface area contributed by atoms with Crippen LogP contribution in [0.25, 0.3) is 0 Å². The van der Waals surface area contributed by atoms with Gasteiger partial charge in [0.1, 0.15) is 5.76 Å². The Kier molecular flexibility index (Phi) is 9.84. The van der Waals surface area contributed by atoms with E-state index in [1.807, 2.05) is 12.1 Å². The highest BCUT2D eigenvalue weighted by atomic mass is 127. The maximum absolute atomic E-state index is 5.35. The van der Waals surface area contributed by atoms with E-state index in [0.717, 1.165) is 43.7 Å². The van der Waals surface area contributed by atoms with Crippen LogP contribution >= 0.6 is 24.0 Å². The summed E-state index contributed by atoms with van der Waals surface area (Å²) in [6, 6.07) is 12.8. The molecule has 0 saturated carbocycles. The third kappa shape index (κ3) is 7.47. The lowest BCUT2D eigenvalue weighted by atomic mass is 9.99. The summed E-state index contributed by atoms with van der Waals surface area (Å²) >= 11 is 0. The number of guanidine groups is 1. The molecule has 1 fully saturated rings. The van der Waals surface area contributed by atoms with Crippen molar-refractivity contribution in [1.82, 2.24) is 15.5 Å². The van der Waals surface area contributed by atoms with E-state index in [2.05, 4.69) is 51.7 Å². The average Bonchev–Trinajstić information content (AvgIpc) is 3.19. The smallest absolute Gasteiger partial charge is 0.191 e. The first-order valence-electron chi connectivity index (χ1n) is 10.00. The lowest BCUT2D eigenvalue weighted by Gasteiger charge is -2.30. The van der Waals surface area contributed by atoms with Crippen LogP contribution in [0.4, 0.5) is 0 Å². The molecule has 154 valence electrons. The Morgan fingerprint density at radius 3 is 2.64 bits per heavy atom. The number of halogens is 1. The third-order valence-corrected chi connectivity index (χ3v) is 5.10. The summed E-state index contributed by atoms with van der Waals surface area (Å²) in [5.41, 5.74) is 2.66. The summed E-state index contributed by atoms with van der Waals surface area (Å²) in [4.78, 5) is 6.86. The number of benzene rings is 1. The fraction of sp³-hybridized carbons (Fsp3) is 0.500. The van der Waals surface area contributed by atoms with Gasteiger partial charge in [-0.2, -0.15) is 0 Å². The van der Waals surface area contributed by atoms with E-state index >= 15 is 0 Å². The SMILES string of the molecule is CN=C(NCCc1ccco1)NCc1ccc(CN2CCCC(C)C2)cc1.I. The first kappa shape index (κ1) is 22.7. The van der Waals surface area contributed by atoms with Gasteiger partial charge in [-0.15, -0.1) is 24.0 Å². The van der Waals surface area contributed by atoms with Gasteiger partial charge in [0.25, 0.3) is 0 Å². The Balaban J connectivity index is 0.00000280. The number of nitrogens with one attached hydrogen (secondary N) is 2. The van der Waals surface area contributed by atoms with Gasteiger partial charge in [-0.3, -0.25) is 9.89 Å². The number of rotatable bonds is 7. The maximum Gasteiger partial charge on any atom is 0.191 e. The second kappa shape index (κ2) is 12.1. The van der Waals surface area contributed by atoms with Crippen LogP contribution < -0.4 is 10.6 Å². The standard InChI is InChI=1S/C22H32N4O.HI/c1-18-5-3-13-26(16-18)17-20-9-7-19(8-10-20)15-25-22(23-2)24-12-11-21-6-4-14-27-21;/h4,6-10,14,18H,3,5,11-13,15-17H2,1-2H3,(H2,23,24,25);1H. The molecule has 0 bridgehead atoms. The first-order valence-corrected chi connectivity index (χ1v) is 10.00. The highest BCUT2D eigenvalue weighted by Gasteiger charge is 2.16. The van der Waals surface area contributed by atoms with Crippen molar-refractivity contribution in [3.05, 3.63) is 59.5 Å². The van der Waals surface area contributed by atoms with Gasteiger partial charge in [0.2, 0.25) is 0 Å². The second-order valence-corrected chi connectivity index (χ2v) is 7.48. The summed E-state index contributed by atoms with van der Waals surface area (Å²) in [6.45, 7) is 7.43. The van der Waals surface area contributed by atoms with Crippen LogP contribution in [-0.2, 0) is 19.5 Å². The van der Waals surface area contributed by atoms with Crippen molar-refractivity contribution in [3.8, 4) is 0 Å². The van der Waals surface area contributed by atoms with Crippen LogP contribution in [0.2, 0.25) is 0 Å². The fourth-order valence-corrected chi connectivity index (χ4v) is 3.62. The molecule has 6 heteroatoms. The van der Waals surface area contributed by atoms with E-state index in [0.29, 0.717) is 0 Å². The molecule has 2 heterocycles. The van der Waals surface area contributed by atoms with Crippen LogP contribution in [0.15, 0.2) is 52.1 Å². The number of furan rings is 1. The minimum absolute atomic E-state index is 0. The number of aliphatic imine (C=N–C) groups is 1. The molecule has 1 aromatic carbocycles. The third-order valence-electron chi connectivity index (χ3n) is 5.10. The number of likely N-dealkylation sites (tertiary alicyclic amines) is 1. The van der Waals surface area contributed by atoms with Crippen molar-refractivity contribution < 1.29 is 4.42 Å². The van der Waals surface area contributed by atoms with Gasteiger partial charge in [-0.1, -0.05) is 31.2 Å². The molecule has 0 amide bonds. The highest BCUT2D eigenvalue weighted by molar-refractivity contribution is 14.0. The first-order chi connectivity index (χ1) is 13.2. The molecule has 0 aliphatic carbocycles. The number of piperidine rings is 1. The quantitative estimate of drug-likeness (QED) is 0.345. The summed E-state index contributed by atoms with van der Waals surface area (Å²) in [7, 11) is 1.80. The molecule has 1 aliphatic rings. The van der Waals surface area contributed by atoms with Crippen LogP contribution in [0, 0.1) is 5.92 Å². The van der Waals surface area contributed by atoms with Gasteiger partial charge in [-0.05, 0) is 48.6 Å². The summed E-state index contributed by atoms with van der Waals surface area (Å²) in [6.07, 6.45) is 5.25. The average molecular weight is 496 g/mol. The van der Waals surface area contributed by atoms with Crippen LogP contribution in [0.1, 0.15) is 36.7 Å². The fourth-order valence-electron chi connectivity index (χ4n) is 3.62. The Labute approximate surface area is 186 Å². The number of hydrogen-bond acceptors (Lipinski definition) is 3. The molecule has 1 atom stereocenters. The van der Waals surface area contributed by atoms with E-state index in [-0.39, 0.29) is 24.0 Å². The van der Waals surface area contributed by atoms with E-state index in [9.17, 15) is 0 Å². The van der Waals surface area contributed by atoms with Gasteiger partial charge in [-0.25, -0.2) is 0 Å². The normalized spacial score (nSPS) is 17.8. The summed E-state index contributed by atoms with van der Waals surface area (Å²) < 4.78 is 5.35. The van der Waals surface area contributed by atoms with E-state index in [1.54, 1.807) is 13.3 Å². The largest absolute Gasteiger partial charge is 0.469 e. The lowest BCUT2D eigenvalue weighted by molar-refractivity contribution is 0.176. The molecule has 1 saturated heterocycles. The molecule has 0 spiro atoms. The molecular weight excluding hydrogens is 463 g/mol. The van der Waals surface area contributed by atoms with Crippen LogP contribution in [-0.4, -0.2) is 37.5 Å². The molecule has 1 unspecified atom stereocenters. The lowest BCUT2D eigenvalue weighted by Crippen LogP contribution is -2.37. The summed E-state index contributed by atoms with van der Waals surface area (Å²) in [5.74, 6) is 2.62.